The van der Waals surface area contributed by atoms with Gasteiger partial charge < -0.3 is 15.7 Å². The lowest BCUT2D eigenvalue weighted by atomic mass is 9.97. The van der Waals surface area contributed by atoms with Gasteiger partial charge in [-0.2, -0.15) is 0 Å². The molecule has 0 saturated carbocycles. The summed E-state index contributed by atoms with van der Waals surface area (Å²) in [6.45, 7) is 0.494. The van der Waals surface area contributed by atoms with E-state index in [-0.39, 0.29) is 25.4 Å². The number of carbonyl (C=O) groups excluding carboxylic acids is 1. The van der Waals surface area contributed by atoms with E-state index in [2.05, 4.69) is 15.9 Å². The van der Waals surface area contributed by atoms with Crippen LogP contribution in [0.1, 0.15) is 28.4 Å². The van der Waals surface area contributed by atoms with Crippen LogP contribution in [0.2, 0.25) is 0 Å². The molecule has 1 amide bonds. The standard InChI is InChI=1S/C24H23BrN2O3/c25-21-12-10-20(11-13-21)24(30)27(15-14-26)22(16-23(28)29)19-8-6-18(7-9-19)17-4-2-1-3-5-17/h1-13,22H,14-16,26H2,(H,28,29). The molecule has 154 valence electrons. The van der Waals surface area contributed by atoms with Gasteiger partial charge in [0.15, 0.2) is 0 Å². The fraction of sp³-hybridized carbons (Fsp3) is 0.167. The molecule has 0 radical (unpaired) electrons. The van der Waals surface area contributed by atoms with Crippen molar-refractivity contribution in [1.29, 1.82) is 0 Å². The maximum atomic E-state index is 13.2. The van der Waals surface area contributed by atoms with E-state index in [1.54, 1.807) is 29.2 Å². The molecule has 6 heteroatoms. The maximum Gasteiger partial charge on any atom is 0.305 e. The molecule has 1 unspecified atom stereocenters. The number of amides is 1. The highest BCUT2D eigenvalue weighted by Gasteiger charge is 2.28. The summed E-state index contributed by atoms with van der Waals surface area (Å²) in [5.74, 6) is -1.22. The highest BCUT2D eigenvalue weighted by Crippen LogP contribution is 2.29. The third kappa shape index (κ3) is 5.34. The van der Waals surface area contributed by atoms with Crippen LogP contribution in [0.25, 0.3) is 11.1 Å². The molecule has 0 aliphatic rings. The Balaban J connectivity index is 1.94. The van der Waals surface area contributed by atoms with E-state index in [0.717, 1.165) is 21.2 Å². The Morgan fingerprint density at radius 2 is 1.50 bits per heavy atom. The minimum atomic E-state index is -0.974. The van der Waals surface area contributed by atoms with Crippen molar-refractivity contribution in [2.75, 3.05) is 13.1 Å². The normalized spacial score (nSPS) is 11.7. The Labute approximate surface area is 184 Å². The molecule has 0 bridgehead atoms. The van der Waals surface area contributed by atoms with E-state index in [0.29, 0.717) is 5.56 Å². The second kappa shape index (κ2) is 10.2. The monoisotopic (exact) mass is 466 g/mol. The number of hydrogen-bond acceptors (Lipinski definition) is 3. The molecule has 0 aliphatic heterocycles. The molecule has 0 heterocycles. The van der Waals surface area contributed by atoms with Crippen LogP contribution >= 0.6 is 15.9 Å². The van der Waals surface area contributed by atoms with Gasteiger partial charge in [0.05, 0.1) is 12.5 Å². The number of nitrogens with zero attached hydrogens (tertiary/aromatic N) is 1. The lowest BCUT2D eigenvalue weighted by Gasteiger charge is -2.31. The molecule has 3 N–H and O–H groups in total. The zero-order valence-electron chi connectivity index (χ0n) is 16.4. The van der Waals surface area contributed by atoms with E-state index < -0.39 is 12.0 Å². The molecule has 30 heavy (non-hydrogen) atoms. The molecular formula is C24H23BrN2O3. The number of rotatable bonds is 8. The van der Waals surface area contributed by atoms with E-state index in [4.69, 9.17) is 5.73 Å². The molecule has 3 aromatic carbocycles. The molecule has 0 fully saturated rings. The summed E-state index contributed by atoms with van der Waals surface area (Å²) in [4.78, 5) is 26.4. The number of hydrogen-bond donors (Lipinski definition) is 2. The summed E-state index contributed by atoms with van der Waals surface area (Å²) in [6.07, 6.45) is -0.201. The highest BCUT2D eigenvalue weighted by atomic mass is 79.9. The lowest BCUT2D eigenvalue weighted by molar-refractivity contribution is -0.138. The SMILES string of the molecule is NCCN(C(=O)c1ccc(Br)cc1)C(CC(=O)O)c1ccc(-c2ccccc2)cc1. The Hall–Kier alpha value is -2.96. The van der Waals surface area contributed by atoms with Crippen molar-refractivity contribution in [3.05, 3.63) is 94.5 Å². The van der Waals surface area contributed by atoms with E-state index in [1.807, 2.05) is 54.6 Å². The minimum Gasteiger partial charge on any atom is -0.481 e. The van der Waals surface area contributed by atoms with Crippen LogP contribution in [0.15, 0.2) is 83.3 Å². The topological polar surface area (TPSA) is 83.6 Å². The van der Waals surface area contributed by atoms with Gasteiger partial charge in [0.25, 0.3) is 5.91 Å². The fourth-order valence-electron chi connectivity index (χ4n) is 3.40. The van der Waals surface area contributed by atoms with Crippen LogP contribution < -0.4 is 5.73 Å². The van der Waals surface area contributed by atoms with Gasteiger partial charge in [-0.15, -0.1) is 0 Å². The van der Waals surface area contributed by atoms with Gasteiger partial charge in [-0.25, -0.2) is 0 Å². The summed E-state index contributed by atoms with van der Waals surface area (Å²) in [7, 11) is 0. The van der Waals surface area contributed by atoms with Crippen molar-refractivity contribution in [3.63, 3.8) is 0 Å². The smallest absolute Gasteiger partial charge is 0.305 e. The quantitative estimate of drug-likeness (QED) is 0.502. The zero-order valence-corrected chi connectivity index (χ0v) is 18.0. The van der Waals surface area contributed by atoms with Gasteiger partial charge in [-0.1, -0.05) is 70.5 Å². The van der Waals surface area contributed by atoms with Crippen molar-refractivity contribution < 1.29 is 14.7 Å². The largest absolute Gasteiger partial charge is 0.481 e. The first-order valence-electron chi connectivity index (χ1n) is 9.63. The van der Waals surface area contributed by atoms with E-state index >= 15 is 0 Å². The van der Waals surface area contributed by atoms with Crippen molar-refractivity contribution in [1.82, 2.24) is 4.90 Å². The Morgan fingerprint density at radius 1 is 0.900 bits per heavy atom. The molecule has 1 atom stereocenters. The average molecular weight is 467 g/mol. The number of halogens is 1. The van der Waals surface area contributed by atoms with Gasteiger partial charge in [-0.3, -0.25) is 9.59 Å². The molecule has 3 rings (SSSR count). The van der Waals surface area contributed by atoms with Gasteiger partial charge in [0.1, 0.15) is 0 Å². The molecular weight excluding hydrogens is 444 g/mol. The molecule has 0 saturated heterocycles. The fourth-order valence-corrected chi connectivity index (χ4v) is 3.66. The van der Waals surface area contributed by atoms with Gasteiger partial charge in [0.2, 0.25) is 0 Å². The molecule has 0 aromatic heterocycles. The second-order valence-corrected chi connectivity index (χ2v) is 7.81. The van der Waals surface area contributed by atoms with Crippen molar-refractivity contribution in [2.45, 2.75) is 12.5 Å². The summed E-state index contributed by atoms with van der Waals surface area (Å²) in [6, 6.07) is 24.0. The number of carboxylic acids is 1. The molecule has 3 aromatic rings. The van der Waals surface area contributed by atoms with Crippen LogP contribution in [0, 0.1) is 0 Å². The van der Waals surface area contributed by atoms with Gasteiger partial charge in [-0.05, 0) is 41.0 Å². The maximum absolute atomic E-state index is 13.2. The summed E-state index contributed by atoms with van der Waals surface area (Å²) < 4.78 is 0.864. The van der Waals surface area contributed by atoms with Gasteiger partial charge >= 0.3 is 5.97 Å². The summed E-state index contributed by atoms with van der Waals surface area (Å²) in [5.41, 5.74) is 9.12. The van der Waals surface area contributed by atoms with Crippen LogP contribution in [-0.4, -0.2) is 35.0 Å². The Kier molecular flexibility index (Phi) is 7.38. The van der Waals surface area contributed by atoms with Crippen LogP contribution in [0.3, 0.4) is 0 Å². The first-order chi connectivity index (χ1) is 14.5. The van der Waals surface area contributed by atoms with Crippen LogP contribution in [-0.2, 0) is 4.79 Å². The number of aliphatic carboxylic acids is 1. The third-order valence-electron chi connectivity index (χ3n) is 4.87. The number of benzene rings is 3. The summed E-state index contributed by atoms with van der Waals surface area (Å²) >= 11 is 3.36. The highest BCUT2D eigenvalue weighted by molar-refractivity contribution is 9.10. The predicted octanol–water partition coefficient (Wildman–Crippen LogP) is 4.73. The van der Waals surface area contributed by atoms with Gasteiger partial charge in [0, 0.05) is 23.1 Å². The number of nitrogens with two attached hydrogens (primary N) is 1. The van der Waals surface area contributed by atoms with Crippen molar-refractivity contribution >= 4 is 27.8 Å². The van der Waals surface area contributed by atoms with Crippen molar-refractivity contribution in [3.8, 4) is 11.1 Å². The lowest BCUT2D eigenvalue weighted by Crippen LogP contribution is -2.39. The van der Waals surface area contributed by atoms with Crippen LogP contribution in [0.4, 0.5) is 0 Å². The second-order valence-electron chi connectivity index (χ2n) is 6.90. The first kappa shape index (κ1) is 21.7. The summed E-state index contributed by atoms with van der Waals surface area (Å²) in [5, 5.41) is 9.51. The third-order valence-corrected chi connectivity index (χ3v) is 5.40. The van der Waals surface area contributed by atoms with Crippen molar-refractivity contribution in [2.24, 2.45) is 5.73 Å². The zero-order chi connectivity index (χ0) is 21.5. The Morgan fingerprint density at radius 3 is 2.07 bits per heavy atom. The van der Waals surface area contributed by atoms with E-state index in [1.165, 1.54) is 0 Å². The minimum absolute atomic E-state index is 0.201. The first-order valence-corrected chi connectivity index (χ1v) is 10.4. The molecule has 0 aliphatic carbocycles. The Bertz CT molecular complexity index is 989. The average Bonchev–Trinajstić information content (AvgIpc) is 2.77. The predicted molar refractivity (Wildman–Crippen MR) is 121 cm³/mol. The van der Waals surface area contributed by atoms with Crippen LogP contribution in [0.5, 0.6) is 0 Å². The number of carbonyl (C=O) groups is 2. The number of carboxylic acid groups (broad SMARTS) is 1. The molecule has 5 nitrogen and oxygen atoms in total. The molecule has 0 spiro atoms. The van der Waals surface area contributed by atoms with E-state index in [9.17, 15) is 14.7 Å².